The van der Waals surface area contributed by atoms with Gasteiger partial charge in [0.25, 0.3) is 11.5 Å². The number of aromatic nitrogens is 1. The maximum Gasteiger partial charge on any atom is 0.264 e. The number of aryl methyl sites for hydroxylation is 1. The fraction of sp³-hybridized carbons (Fsp3) is 0.467. The molecule has 0 spiro atoms. The summed E-state index contributed by atoms with van der Waals surface area (Å²) in [5.74, 6) is 1.31. The van der Waals surface area contributed by atoms with Gasteiger partial charge in [-0.1, -0.05) is 38.5 Å². The van der Waals surface area contributed by atoms with Gasteiger partial charge in [-0.15, -0.1) is 0 Å². The summed E-state index contributed by atoms with van der Waals surface area (Å²) < 4.78 is 8.83. The Morgan fingerprint density at radius 1 is 1.16 bits per heavy atom. The molecule has 1 aliphatic heterocycles. The minimum Gasteiger partial charge on any atom is -0.494 e. The average molecular weight is 616 g/mol. The van der Waals surface area contributed by atoms with Crippen LogP contribution in [0.15, 0.2) is 53.3 Å². The van der Waals surface area contributed by atoms with Crippen LogP contribution < -0.4 is 15.6 Å². The van der Waals surface area contributed by atoms with Gasteiger partial charge in [-0.2, -0.15) is 0 Å². The molecule has 2 heterocycles. The van der Waals surface area contributed by atoms with E-state index in [9.17, 15) is 9.59 Å². The van der Waals surface area contributed by atoms with E-state index in [4.69, 9.17) is 4.74 Å². The molecule has 1 amide bonds. The van der Waals surface area contributed by atoms with E-state index in [1.807, 2.05) is 54.0 Å². The van der Waals surface area contributed by atoms with Crippen molar-refractivity contribution < 1.29 is 9.53 Å². The first kappa shape index (κ1) is 27.6. The molecular formula is C30H38IN3O3. The Labute approximate surface area is 233 Å². The average Bonchev–Trinajstić information content (AvgIpc) is 2.93. The van der Waals surface area contributed by atoms with Crippen LogP contribution in [-0.4, -0.2) is 47.7 Å². The molecule has 1 atom stereocenters. The number of hydrogen-bond donors (Lipinski definition) is 1. The van der Waals surface area contributed by atoms with Crippen molar-refractivity contribution in [2.75, 3.05) is 26.2 Å². The van der Waals surface area contributed by atoms with Crippen molar-refractivity contribution in [3.63, 3.8) is 0 Å². The van der Waals surface area contributed by atoms with Gasteiger partial charge in [0.1, 0.15) is 5.75 Å². The second-order valence-electron chi connectivity index (χ2n) is 10.2. The van der Waals surface area contributed by atoms with Crippen molar-refractivity contribution >= 4 is 39.4 Å². The Bertz CT molecular complexity index is 1270. The van der Waals surface area contributed by atoms with Gasteiger partial charge in [0.2, 0.25) is 0 Å². The molecule has 1 aromatic heterocycles. The van der Waals surface area contributed by atoms with Crippen molar-refractivity contribution in [1.82, 2.24) is 14.8 Å². The van der Waals surface area contributed by atoms with E-state index in [1.54, 1.807) is 0 Å². The van der Waals surface area contributed by atoms with Crippen LogP contribution in [0.3, 0.4) is 0 Å². The van der Waals surface area contributed by atoms with Gasteiger partial charge in [-0.05, 0) is 90.6 Å². The minimum atomic E-state index is 0.0182. The lowest BCUT2D eigenvalue weighted by Gasteiger charge is -2.32. The first-order valence-corrected chi connectivity index (χ1v) is 14.5. The fourth-order valence-corrected chi connectivity index (χ4v) is 5.49. The van der Waals surface area contributed by atoms with E-state index in [2.05, 4.69) is 52.7 Å². The number of rotatable bonds is 10. The molecule has 1 saturated heterocycles. The predicted molar refractivity (Wildman–Crippen MR) is 159 cm³/mol. The number of amides is 1. The third kappa shape index (κ3) is 6.93. The summed E-state index contributed by atoms with van der Waals surface area (Å²) in [5, 5.41) is 4.26. The Morgan fingerprint density at radius 2 is 1.89 bits per heavy atom. The number of halogens is 1. The van der Waals surface area contributed by atoms with Gasteiger partial charge in [-0.3, -0.25) is 9.59 Å². The summed E-state index contributed by atoms with van der Waals surface area (Å²) in [4.78, 5) is 27.8. The van der Waals surface area contributed by atoms with Crippen LogP contribution in [0.1, 0.15) is 55.5 Å². The molecule has 198 valence electrons. The summed E-state index contributed by atoms with van der Waals surface area (Å²) in [5.41, 5.74) is 2.83. The van der Waals surface area contributed by atoms with Gasteiger partial charge >= 0.3 is 0 Å². The maximum atomic E-state index is 12.9. The van der Waals surface area contributed by atoms with Crippen molar-refractivity contribution in [3.05, 3.63) is 73.6 Å². The number of piperidine rings is 1. The highest BCUT2D eigenvalue weighted by atomic mass is 127. The second kappa shape index (κ2) is 12.9. The number of benzene rings is 2. The number of fused-ring (bicyclic) bond motifs is 1. The molecule has 4 rings (SSSR count). The number of carbonyl (C=O) groups is 1. The summed E-state index contributed by atoms with van der Waals surface area (Å²) >= 11 is 2.18. The highest BCUT2D eigenvalue weighted by Gasteiger charge is 2.21. The number of hydrogen-bond acceptors (Lipinski definition) is 4. The maximum absolute atomic E-state index is 12.9. The van der Waals surface area contributed by atoms with Gasteiger partial charge in [-0.25, -0.2) is 0 Å². The molecule has 1 N–H and O–H groups in total. The lowest BCUT2D eigenvalue weighted by molar-refractivity contribution is 0.0909. The fourth-order valence-electron chi connectivity index (χ4n) is 4.91. The first-order chi connectivity index (χ1) is 17.9. The molecule has 2 aromatic carbocycles. The molecule has 0 saturated carbocycles. The summed E-state index contributed by atoms with van der Waals surface area (Å²) in [7, 11) is 0. The summed E-state index contributed by atoms with van der Waals surface area (Å²) in [6.45, 7) is 10.7. The summed E-state index contributed by atoms with van der Waals surface area (Å²) in [6.07, 6.45) is 3.93. The molecule has 7 heteroatoms. The first-order valence-electron chi connectivity index (χ1n) is 13.4. The molecule has 3 aromatic rings. The lowest BCUT2D eigenvalue weighted by atomic mass is 10.0. The smallest absolute Gasteiger partial charge is 0.264 e. The zero-order chi connectivity index (χ0) is 26.4. The van der Waals surface area contributed by atoms with E-state index in [0.29, 0.717) is 12.5 Å². The van der Waals surface area contributed by atoms with E-state index < -0.39 is 0 Å². The number of carbonyl (C=O) groups excluding carboxylic acids is 1. The molecule has 0 radical (unpaired) electrons. The van der Waals surface area contributed by atoms with E-state index in [0.717, 1.165) is 83.2 Å². The number of ether oxygens (including phenoxy) is 1. The number of pyridine rings is 1. The minimum absolute atomic E-state index is 0.0182. The Morgan fingerprint density at radius 3 is 2.59 bits per heavy atom. The van der Waals surface area contributed by atoms with Crippen molar-refractivity contribution in [2.24, 2.45) is 5.92 Å². The third-order valence-corrected chi connectivity index (χ3v) is 8.73. The SMILES string of the molecule is CCC(C)Cn1c(=O)c(I)c(C)c2cc(OCCCN3CCC(NC(=O)c4ccccc4)CC3)ccc21. The molecule has 1 fully saturated rings. The van der Waals surface area contributed by atoms with Crippen LogP contribution in [0.2, 0.25) is 0 Å². The third-order valence-electron chi connectivity index (χ3n) is 7.46. The molecule has 1 unspecified atom stereocenters. The molecule has 1 aliphatic rings. The molecule has 0 bridgehead atoms. The van der Waals surface area contributed by atoms with Crippen LogP contribution in [-0.2, 0) is 6.54 Å². The Hall–Kier alpha value is -2.39. The van der Waals surface area contributed by atoms with Crippen molar-refractivity contribution in [3.8, 4) is 5.75 Å². The quantitative estimate of drug-likeness (QED) is 0.238. The number of likely N-dealkylation sites (tertiary alicyclic amines) is 1. The van der Waals surface area contributed by atoms with Crippen LogP contribution in [0.25, 0.3) is 10.9 Å². The van der Waals surface area contributed by atoms with Crippen molar-refractivity contribution in [1.29, 1.82) is 0 Å². The predicted octanol–water partition coefficient (Wildman–Crippen LogP) is 5.62. The molecular weight excluding hydrogens is 577 g/mol. The molecule has 6 nitrogen and oxygen atoms in total. The van der Waals surface area contributed by atoms with Crippen molar-refractivity contribution in [2.45, 2.75) is 59.0 Å². The zero-order valence-corrected chi connectivity index (χ0v) is 24.3. The van der Waals surface area contributed by atoms with Crippen LogP contribution in [0.4, 0.5) is 0 Å². The molecule has 0 aliphatic carbocycles. The lowest BCUT2D eigenvalue weighted by Crippen LogP contribution is -2.45. The zero-order valence-electron chi connectivity index (χ0n) is 22.1. The molecule has 37 heavy (non-hydrogen) atoms. The Kier molecular flexibility index (Phi) is 9.65. The van der Waals surface area contributed by atoms with Gasteiger partial charge in [0.15, 0.2) is 0 Å². The van der Waals surface area contributed by atoms with E-state index in [-0.39, 0.29) is 17.5 Å². The summed E-state index contributed by atoms with van der Waals surface area (Å²) in [6, 6.07) is 15.8. The highest BCUT2D eigenvalue weighted by Crippen LogP contribution is 2.26. The van der Waals surface area contributed by atoms with Gasteiger partial charge < -0.3 is 19.5 Å². The van der Waals surface area contributed by atoms with Crippen LogP contribution in [0, 0.1) is 16.4 Å². The highest BCUT2D eigenvalue weighted by molar-refractivity contribution is 14.1. The monoisotopic (exact) mass is 615 g/mol. The topological polar surface area (TPSA) is 63.6 Å². The van der Waals surface area contributed by atoms with Gasteiger partial charge in [0.05, 0.1) is 15.7 Å². The largest absolute Gasteiger partial charge is 0.494 e. The van der Waals surface area contributed by atoms with Gasteiger partial charge in [0, 0.05) is 43.2 Å². The van der Waals surface area contributed by atoms with E-state index >= 15 is 0 Å². The normalized spacial score (nSPS) is 15.6. The standard InChI is InChI=1S/C30H38IN3O3/c1-4-21(2)20-34-27-12-11-25(19-26(27)22(3)28(31)30(34)36)37-18-8-15-33-16-13-24(14-17-33)32-29(35)23-9-6-5-7-10-23/h5-7,9-12,19,21,24H,4,8,13-18,20H2,1-3H3,(H,32,35). The second-order valence-corrected chi connectivity index (χ2v) is 11.3. The van der Waals surface area contributed by atoms with E-state index in [1.165, 1.54) is 0 Å². The number of nitrogens with zero attached hydrogens (tertiary/aromatic N) is 2. The number of nitrogens with one attached hydrogen (secondary N) is 1. The van der Waals surface area contributed by atoms with Crippen LogP contribution in [0.5, 0.6) is 5.75 Å². The Balaban J connectivity index is 1.27. The van der Waals surface area contributed by atoms with Crippen LogP contribution >= 0.6 is 22.6 Å².